The predicted molar refractivity (Wildman–Crippen MR) is 228 cm³/mol. The van der Waals surface area contributed by atoms with Gasteiger partial charge in [-0.1, -0.05) is 164 Å². The van der Waals surface area contributed by atoms with Gasteiger partial charge in [0, 0.05) is 22.1 Å². The number of nitrogens with zero attached hydrogens (tertiary/aromatic N) is 1. The molecule has 0 spiro atoms. The average molecular weight is 690 g/mol. The fourth-order valence-corrected chi connectivity index (χ4v) is 7.83. The molecule has 0 unspecified atom stereocenters. The molecule has 0 fully saturated rings. The fourth-order valence-electron chi connectivity index (χ4n) is 7.83. The smallest absolute Gasteiger partial charge is 0.143 e. The van der Waals surface area contributed by atoms with Gasteiger partial charge in [-0.25, -0.2) is 0 Å². The van der Waals surface area contributed by atoms with Crippen molar-refractivity contribution in [2.24, 2.45) is 0 Å². The lowest BCUT2D eigenvalue weighted by atomic mass is 9.91. The second kappa shape index (κ2) is 13.4. The molecule has 2 nitrogen and oxygen atoms in total. The average Bonchev–Trinajstić information content (AvgIpc) is 3.65. The first-order chi connectivity index (χ1) is 26.8. The third kappa shape index (κ3) is 5.62. The molecule has 0 amide bonds. The Morgan fingerprint density at radius 2 is 0.870 bits per heavy atom. The van der Waals surface area contributed by atoms with E-state index in [1.54, 1.807) is 0 Å². The van der Waals surface area contributed by atoms with Gasteiger partial charge in [0.15, 0.2) is 0 Å². The highest BCUT2D eigenvalue weighted by atomic mass is 16.3. The lowest BCUT2D eigenvalue weighted by Crippen LogP contribution is -2.10. The van der Waals surface area contributed by atoms with Crippen molar-refractivity contribution >= 4 is 49.8 Å². The minimum Gasteiger partial charge on any atom is -0.455 e. The highest BCUT2D eigenvalue weighted by Crippen LogP contribution is 2.45. The van der Waals surface area contributed by atoms with Crippen LogP contribution in [0.4, 0.5) is 17.1 Å². The van der Waals surface area contributed by atoms with Crippen LogP contribution in [0.3, 0.4) is 0 Å². The molecule has 0 aliphatic rings. The summed E-state index contributed by atoms with van der Waals surface area (Å²) in [5.41, 5.74) is 14.6. The Hall–Kier alpha value is -7.16. The van der Waals surface area contributed by atoms with Crippen LogP contribution in [-0.4, -0.2) is 0 Å². The van der Waals surface area contributed by atoms with E-state index in [2.05, 4.69) is 217 Å². The predicted octanol–water partition coefficient (Wildman–Crippen LogP) is 14.9. The van der Waals surface area contributed by atoms with E-state index in [0.717, 1.165) is 50.0 Å². The van der Waals surface area contributed by atoms with Crippen molar-refractivity contribution < 1.29 is 4.42 Å². The highest BCUT2D eigenvalue weighted by molar-refractivity contribution is 6.19. The molecule has 1 aromatic heterocycles. The molecular formula is C52H35NO. The summed E-state index contributed by atoms with van der Waals surface area (Å²) in [7, 11) is 0. The number of furan rings is 1. The van der Waals surface area contributed by atoms with Crippen molar-refractivity contribution in [1.29, 1.82) is 0 Å². The van der Waals surface area contributed by atoms with Crippen LogP contribution in [0.25, 0.3) is 77.2 Å². The monoisotopic (exact) mass is 689 g/mol. The van der Waals surface area contributed by atoms with Crippen molar-refractivity contribution in [1.82, 2.24) is 0 Å². The first-order valence-electron chi connectivity index (χ1n) is 18.4. The van der Waals surface area contributed by atoms with E-state index in [-0.39, 0.29) is 0 Å². The summed E-state index contributed by atoms with van der Waals surface area (Å²) in [4.78, 5) is 2.36. The molecule has 0 saturated heterocycles. The van der Waals surface area contributed by atoms with Gasteiger partial charge in [0.25, 0.3) is 0 Å². The minimum atomic E-state index is 0.869. The Morgan fingerprint density at radius 1 is 0.333 bits per heavy atom. The summed E-state index contributed by atoms with van der Waals surface area (Å²) in [5, 5.41) is 4.49. The Morgan fingerprint density at radius 3 is 1.54 bits per heavy atom. The molecular weight excluding hydrogens is 655 g/mol. The molecule has 0 N–H and O–H groups in total. The summed E-state index contributed by atoms with van der Waals surface area (Å²) in [5.74, 6) is 0. The lowest BCUT2D eigenvalue weighted by molar-refractivity contribution is 0.672. The normalized spacial score (nSPS) is 11.3. The summed E-state index contributed by atoms with van der Waals surface area (Å²) in [6.45, 7) is 0. The molecule has 0 aliphatic heterocycles. The second-order valence-corrected chi connectivity index (χ2v) is 13.7. The molecule has 0 bridgehead atoms. The van der Waals surface area contributed by atoms with Gasteiger partial charge in [-0.3, -0.25) is 0 Å². The van der Waals surface area contributed by atoms with E-state index < -0.39 is 0 Å². The summed E-state index contributed by atoms with van der Waals surface area (Å²) < 4.78 is 6.64. The lowest BCUT2D eigenvalue weighted by Gasteiger charge is -2.26. The first kappa shape index (κ1) is 31.6. The van der Waals surface area contributed by atoms with Gasteiger partial charge in [0.05, 0.1) is 11.1 Å². The van der Waals surface area contributed by atoms with Gasteiger partial charge in [-0.15, -0.1) is 0 Å². The van der Waals surface area contributed by atoms with E-state index >= 15 is 0 Å². The Labute approximate surface area is 314 Å². The van der Waals surface area contributed by atoms with Gasteiger partial charge in [-0.05, 0) is 98.4 Å². The van der Waals surface area contributed by atoms with Crippen molar-refractivity contribution in [3.63, 3.8) is 0 Å². The van der Waals surface area contributed by atoms with Crippen molar-refractivity contribution in [3.05, 3.63) is 212 Å². The van der Waals surface area contributed by atoms with Gasteiger partial charge in [0.2, 0.25) is 0 Å². The van der Waals surface area contributed by atoms with Crippen LogP contribution >= 0.6 is 0 Å². The van der Waals surface area contributed by atoms with Crippen LogP contribution < -0.4 is 4.90 Å². The summed E-state index contributed by atoms with van der Waals surface area (Å²) in [6.07, 6.45) is 0. The molecule has 10 rings (SSSR count). The summed E-state index contributed by atoms with van der Waals surface area (Å²) in [6, 6.07) is 75.8. The minimum absolute atomic E-state index is 0.869. The number of hydrogen-bond donors (Lipinski definition) is 0. The zero-order valence-corrected chi connectivity index (χ0v) is 29.6. The van der Waals surface area contributed by atoms with Crippen LogP contribution in [0.15, 0.2) is 217 Å². The molecule has 254 valence electrons. The molecule has 9 aromatic carbocycles. The van der Waals surface area contributed by atoms with Crippen LogP contribution in [-0.2, 0) is 0 Å². The zero-order valence-electron chi connectivity index (χ0n) is 29.6. The Kier molecular flexibility index (Phi) is 7.85. The van der Waals surface area contributed by atoms with Gasteiger partial charge >= 0.3 is 0 Å². The number of benzene rings is 9. The van der Waals surface area contributed by atoms with E-state index in [1.165, 1.54) is 44.3 Å². The van der Waals surface area contributed by atoms with E-state index in [0.29, 0.717) is 0 Å². The maximum Gasteiger partial charge on any atom is 0.143 e. The number of hydrogen-bond acceptors (Lipinski definition) is 2. The molecule has 0 atom stereocenters. The first-order valence-corrected chi connectivity index (χ1v) is 18.4. The molecule has 54 heavy (non-hydrogen) atoms. The summed E-state index contributed by atoms with van der Waals surface area (Å²) >= 11 is 0. The van der Waals surface area contributed by atoms with Crippen molar-refractivity contribution in [2.45, 2.75) is 0 Å². The fraction of sp³-hybridized carbons (Fsp3) is 0. The van der Waals surface area contributed by atoms with Crippen LogP contribution in [0.1, 0.15) is 0 Å². The molecule has 2 heteroatoms. The molecule has 10 aromatic rings. The third-order valence-corrected chi connectivity index (χ3v) is 10.5. The van der Waals surface area contributed by atoms with Gasteiger partial charge < -0.3 is 9.32 Å². The number of fused-ring (bicyclic) bond motifs is 5. The standard InChI is InChI=1S/C52H35NO/c1-4-13-36(14-5-1)37-23-29-43(30-24-37)53(49-21-12-22-50-51(49)47-34-27-41-19-10-11-20-46(41)52(47)54-50)44-31-25-38(26-32-44)42-28-33-45(39-15-6-2-7-16-39)48(35-42)40-17-8-3-9-18-40/h1-35H. The molecule has 0 radical (unpaired) electrons. The van der Waals surface area contributed by atoms with E-state index in [1.807, 2.05) is 0 Å². The Bertz CT molecular complexity index is 2890. The number of anilines is 3. The topological polar surface area (TPSA) is 16.4 Å². The van der Waals surface area contributed by atoms with Gasteiger partial charge in [-0.2, -0.15) is 0 Å². The highest BCUT2D eigenvalue weighted by Gasteiger charge is 2.21. The SMILES string of the molecule is c1ccc(-c2ccc(N(c3ccc(-c4ccc(-c5ccccc5)c(-c5ccccc5)c4)cc3)c3cccc4oc5c6ccccc6ccc5c34)cc2)cc1. The largest absolute Gasteiger partial charge is 0.455 e. The van der Waals surface area contributed by atoms with Crippen LogP contribution in [0.5, 0.6) is 0 Å². The molecule has 0 saturated carbocycles. The van der Waals surface area contributed by atoms with Crippen LogP contribution in [0.2, 0.25) is 0 Å². The Balaban J connectivity index is 1.11. The quantitative estimate of drug-likeness (QED) is 0.166. The van der Waals surface area contributed by atoms with Crippen molar-refractivity contribution in [3.8, 4) is 44.5 Å². The number of rotatable bonds is 7. The van der Waals surface area contributed by atoms with E-state index in [9.17, 15) is 0 Å². The van der Waals surface area contributed by atoms with Crippen molar-refractivity contribution in [2.75, 3.05) is 4.90 Å². The molecule has 0 aliphatic carbocycles. The van der Waals surface area contributed by atoms with Gasteiger partial charge in [0.1, 0.15) is 11.2 Å². The molecule has 1 heterocycles. The maximum absolute atomic E-state index is 6.64. The van der Waals surface area contributed by atoms with Crippen LogP contribution in [0, 0.1) is 0 Å². The van der Waals surface area contributed by atoms with E-state index in [4.69, 9.17) is 4.42 Å². The second-order valence-electron chi connectivity index (χ2n) is 13.7. The maximum atomic E-state index is 6.64. The zero-order chi connectivity index (χ0) is 35.8. The third-order valence-electron chi connectivity index (χ3n) is 10.5.